The van der Waals surface area contributed by atoms with Crippen molar-refractivity contribution in [3.8, 4) is 112 Å². The summed E-state index contributed by atoms with van der Waals surface area (Å²) in [5.41, 5.74) is 60.7. The maximum Gasteiger partial charge on any atom is 0.212 e. The quantitative estimate of drug-likeness (QED) is 0.0912. The summed E-state index contributed by atoms with van der Waals surface area (Å²) < 4.78 is 11.4. The van der Waals surface area contributed by atoms with Crippen LogP contribution in [-0.4, -0.2) is 0 Å². The maximum absolute atomic E-state index is 2.48. The largest absolute Gasteiger partial charge is 0.212 e. The molecule has 133 heavy (non-hydrogen) atoms. The molecule has 0 bridgehead atoms. The number of pyridine rings is 5. The van der Waals surface area contributed by atoms with Gasteiger partial charge in [0.15, 0.2) is 31.0 Å². The SMILES string of the molecule is Cc1c[n+](C)c(-c2cc(-c3ccccc3C)c(C)cc2C)cc1CC(C)(C)C.Cc1c[n+](C)c(-c2cc(-c3ccccc3C)c(C)cc2C)cc1CC(C)C.Cc1cc(-c2cc(-c3ccccc3C)c(C)cc2C)[n+](C)cc1C.Cc1ccccc1-c1cc(-c2cc(C(C)C)c(C)c[n+]2C)c(C)cc1C.Cc1ccccc1-c1cc(-c2cc(C3CCCC3)c(C)c[n+]2C)c(C)cc1C. The van der Waals surface area contributed by atoms with Crippen molar-refractivity contribution in [3.63, 3.8) is 0 Å². The van der Waals surface area contributed by atoms with Gasteiger partial charge in [-0.1, -0.05) is 213 Å². The van der Waals surface area contributed by atoms with Gasteiger partial charge in [0.1, 0.15) is 35.2 Å². The average molecular weight is 1760 g/mol. The normalized spacial score (nSPS) is 12.0. The maximum atomic E-state index is 2.48. The van der Waals surface area contributed by atoms with Gasteiger partial charge in [0.2, 0.25) is 28.5 Å². The van der Waals surface area contributed by atoms with Gasteiger partial charge in [0.25, 0.3) is 0 Å². The van der Waals surface area contributed by atoms with Crippen LogP contribution in [0, 0.1) is 157 Å². The molecular weight excluding hydrogens is 1610 g/mol. The molecule has 5 heterocycles. The minimum atomic E-state index is 0.274. The summed E-state index contributed by atoms with van der Waals surface area (Å²) in [7, 11) is 10.8. The summed E-state index contributed by atoms with van der Waals surface area (Å²) >= 11 is 0. The highest BCUT2D eigenvalue weighted by Gasteiger charge is 2.29. The predicted molar refractivity (Wildman–Crippen MR) is 569 cm³/mol. The van der Waals surface area contributed by atoms with Crippen LogP contribution < -0.4 is 22.8 Å². The van der Waals surface area contributed by atoms with E-state index < -0.39 is 0 Å². The first-order valence-electron chi connectivity index (χ1n) is 48.8. The van der Waals surface area contributed by atoms with Crippen molar-refractivity contribution in [2.24, 2.45) is 46.6 Å². The van der Waals surface area contributed by atoms with Crippen molar-refractivity contribution in [3.05, 3.63) is 382 Å². The standard InChI is InChI=1S/C27H32N.C27H34N.C26H32N.C25H30N.C23H26N/c1-18-10-6-9-13-23(18)25-15-26(20(3)14-19(25)2)27-16-24(21(4)17-28(27)5)22-11-7-8-12-22;1-18-11-9-10-12-23(18)24-15-25(20(3)13-19(24)2)26-14-22(16-27(5,6)7)21(4)17-28(26)8;1-17(2)12-22-14-26(27(7)16-21(22)6)25-15-24(19(4)13-20(25)5)23-11-9-8-10-18(23)3;1-16(2)22-14-25(26(7)15-20(22)6)24-13-23(18(4)12-19(24)5)21-11-9-8-10-17(21)3;1-15-9-7-8-10-20(15)21-13-22(18(4)11-17(21)3)23-12-16(2)19(5)14-24(23)6/h6,9-10,13-17,22H,7-8,11-12H2,1-5H3;9-15,17H,16H2,1-8H3;8-11,13-17H,12H2,1-7H3;8-16H,1-7H3;7-14H,1-6H3/q5*+1. The number of aromatic nitrogens is 5. The zero-order chi connectivity index (χ0) is 96.6. The molecule has 10 aromatic carbocycles. The third-order valence-corrected chi connectivity index (χ3v) is 28.1. The molecule has 0 unspecified atom stereocenters. The van der Waals surface area contributed by atoms with Crippen molar-refractivity contribution < 1.29 is 22.8 Å². The van der Waals surface area contributed by atoms with Crippen molar-refractivity contribution >= 4 is 0 Å². The van der Waals surface area contributed by atoms with Crippen molar-refractivity contribution in [1.82, 2.24) is 0 Å². The molecule has 15 aromatic rings. The molecular formula is C128H154N5+5. The van der Waals surface area contributed by atoms with Gasteiger partial charge in [-0.25, -0.2) is 22.8 Å². The molecule has 5 heteroatoms. The Kier molecular flexibility index (Phi) is 32.2. The highest BCUT2D eigenvalue weighted by Crippen LogP contribution is 2.43. The molecule has 0 radical (unpaired) electrons. The van der Waals surface area contributed by atoms with Crippen LogP contribution in [0.5, 0.6) is 0 Å². The van der Waals surface area contributed by atoms with Gasteiger partial charge in [-0.05, 0) is 391 Å². The van der Waals surface area contributed by atoms with E-state index in [-0.39, 0.29) is 5.41 Å². The van der Waals surface area contributed by atoms with Gasteiger partial charge in [-0.15, -0.1) is 0 Å². The second-order valence-electron chi connectivity index (χ2n) is 41.4. The smallest absolute Gasteiger partial charge is 0.201 e. The van der Waals surface area contributed by atoms with Crippen molar-refractivity contribution in [2.75, 3.05) is 0 Å². The van der Waals surface area contributed by atoms with E-state index in [0.29, 0.717) is 11.8 Å². The highest BCUT2D eigenvalue weighted by atomic mass is 14.9. The van der Waals surface area contributed by atoms with Crippen LogP contribution in [-0.2, 0) is 48.1 Å². The van der Waals surface area contributed by atoms with Gasteiger partial charge >= 0.3 is 0 Å². The van der Waals surface area contributed by atoms with Crippen LogP contribution in [0.25, 0.3) is 112 Å². The Morgan fingerprint density at radius 1 is 0.241 bits per heavy atom. The highest BCUT2D eigenvalue weighted by molar-refractivity contribution is 5.83. The van der Waals surface area contributed by atoms with Crippen LogP contribution in [0.4, 0.5) is 0 Å². The second kappa shape index (κ2) is 42.9. The Labute approximate surface area is 802 Å². The number of hydrogen-bond donors (Lipinski definition) is 0. The summed E-state index contributed by atoms with van der Waals surface area (Å²) in [5, 5.41) is 0. The van der Waals surface area contributed by atoms with Gasteiger partial charge < -0.3 is 0 Å². The number of hydrogen-bond acceptors (Lipinski definition) is 0. The first kappa shape index (κ1) is 100.0. The summed E-state index contributed by atoms with van der Waals surface area (Å²) in [6.07, 6.45) is 19.0. The lowest BCUT2D eigenvalue weighted by molar-refractivity contribution is -0.660. The molecule has 16 rings (SSSR count). The van der Waals surface area contributed by atoms with E-state index in [1.807, 2.05) is 0 Å². The van der Waals surface area contributed by atoms with E-state index in [1.165, 1.54) is 271 Å². The van der Waals surface area contributed by atoms with E-state index in [2.05, 4.69) is 495 Å². The minimum absolute atomic E-state index is 0.274. The van der Waals surface area contributed by atoms with E-state index in [0.717, 1.165) is 18.8 Å². The monoisotopic (exact) mass is 1760 g/mol. The first-order valence-corrected chi connectivity index (χ1v) is 48.8. The molecule has 1 fully saturated rings. The lowest BCUT2D eigenvalue weighted by Gasteiger charge is -2.20. The van der Waals surface area contributed by atoms with Gasteiger partial charge in [0.05, 0.1) is 0 Å². The van der Waals surface area contributed by atoms with E-state index in [9.17, 15) is 0 Å². The Balaban J connectivity index is 0.000000150. The van der Waals surface area contributed by atoms with Crippen LogP contribution in [0.2, 0.25) is 0 Å². The topological polar surface area (TPSA) is 19.4 Å². The molecule has 1 aliphatic carbocycles. The Morgan fingerprint density at radius 3 is 0.797 bits per heavy atom. The Morgan fingerprint density at radius 2 is 0.496 bits per heavy atom. The number of aryl methyl sites for hydroxylation is 26. The summed E-state index contributed by atoms with van der Waals surface area (Å²) in [6, 6.07) is 78.9. The molecule has 1 aliphatic rings. The molecule has 0 aliphatic heterocycles. The van der Waals surface area contributed by atoms with Crippen LogP contribution in [0.1, 0.15) is 225 Å². The predicted octanol–water partition coefficient (Wildman–Crippen LogP) is 31.3. The molecule has 0 N–H and O–H groups in total. The molecule has 0 amide bonds. The summed E-state index contributed by atoms with van der Waals surface area (Å²) in [4.78, 5) is 0. The first-order chi connectivity index (χ1) is 63.0. The van der Waals surface area contributed by atoms with Gasteiger partial charge in [-0.2, -0.15) is 0 Å². The summed E-state index contributed by atoms with van der Waals surface area (Å²) in [5.74, 6) is 1.92. The van der Waals surface area contributed by atoms with Gasteiger partial charge in [0, 0.05) is 86.0 Å². The molecule has 5 aromatic heterocycles. The van der Waals surface area contributed by atoms with Gasteiger partial charge in [-0.3, -0.25) is 0 Å². The summed E-state index contributed by atoms with van der Waals surface area (Å²) in [6.45, 7) is 62.6. The van der Waals surface area contributed by atoms with E-state index in [4.69, 9.17) is 0 Å². The fourth-order valence-corrected chi connectivity index (χ4v) is 20.7. The second-order valence-corrected chi connectivity index (χ2v) is 41.4. The molecule has 5 nitrogen and oxygen atoms in total. The Hall–Kier alpha value is -12.1. The molecule has 0 atom stereocenters. The molecule has 686 valence electrons. The number of rotatable bonds is 15. The van der Waals surface area contributed by atoms with Crippen LogP contribution in [0.15, 0.2) is 243 Å². The fourth-order valence-electron chi connectivity index (χ4n) is 20.7. The molecule has 0 spiro atoms. The third kappa shape index (κ3) is 23.4. The minimum Gasteiger partial charge on any atom is -0.201 e. The lowest BCUT2D eigenvalue weighted by Crippen LogP contribution is -2.32. The van der Waals surface area contributed by atoms with E-state index >= 15 is 0 Å². The number of nitrogens with zero attached hydrogens (tertiary/aromatic N) is 5. The Bertz CT molecular complexity index is 6800. The van der Waals surface area contributed by atoms with Crippen LogP contribution in [0.3, 0.4) is 0 Å². The van der Waals surface area contributed by atoms with Crippen molar-refractivity contribution in [2.45, 2.75) is 244 Å². The van der Waals surface area contributed by atoms with Crippen molar-refractivity contribution in [1.29, 1.82) is 0 Å². The molecule has 1 saturated carbocycles. The zero-order valence-electron chi connectivity index (χ0n) is 87.3. The fraction of sp³-hybridized carbons (Fsp3) is 0.336. The van der Waals surface area contributed by atoms with Crippen LogP contribution >= 0.6 is 0 Å². The number of benzene rings is 10. The van der Waals surface area contributed by atoms with E-state index in [1.54, 1.807) is 5.56 Å². The third-order valence-electron chi connectivity index (χ3n) is 28.1. The molecule has 0 saturated heterocycles. The lowest BCUT2D eigenvalue weighted by atomic mass is 9.85. The zero-order valence-corrected chi connectivity index (χ0v) is 87.3. The average Bonchev–Trinajstić information content (AvgIpc) is 1.75.